The van der Waals surface area contributed by atoms with Gasteiger partial charge in [0.15, 0.2) is 0 Å². The minimum absolute atomic E-state index is 0.395. The Morgan fingerprint density at radius 3 is 2.87 bits per heavy atom. The monoisotopic (exact) mass is 205 g/mol. The summed E-state index contributed by atoms with van der Waals surface area (Å²) in [6.45, 7) is 3.75. The average Bonchev–Trinajstić information content (AvgIpc) is 2.61. The van der Waals surface area contributed by atoms with E-state index in [1.54, 1.807) is 6.07 Å². The SMILES string of the molecule is Cc1c(OC(=O)O)cc(C)c2[nH]ccc12. The van der Waals surface area contributed by atoms with Crippen LogP contribution in [-0.2, 0) is 0 Å². The molecule has 0 aliphatic heterocycles. The van der Waals surface area contributed by atoms with Crippen molar-refractivity contribution in [2.75, 3.05) is 0 Å². The molecule has 0 spiro atoms. The number of aromatic amines is 1. The van der Waals surface area contributed by atoms with E-state index in [9.17, 15) is 4.79 Å². The van der Waals surface area contributed by atoms with Crippen molar-refractivity contribution in [3.05, 3.63) is 29.5 Å². The molecule has 0 amide bonds. The van der Waals surface area contributed by atoms with Crippen LogP contribution in [-0.4, -0.2) is 16.2 Å². The molecular formula is C11H11NO3. The zero-order valence-electron chi connectivity index (χ0n) is 8.50. The normalized spacial score (nSPS) is 10.5. The van der Waals surface area contributed by atoms with Crippen molar-refractivity contribution in [2.24, 2.45) is 0 Å². The Morgan fingerprint density at radius 2 is 2.20 bits per heavy atom. The maximum atomic E-state index is 10.5. The standard InChI is InChI=1S/C11H11NO3/c1-6-5-9(15-11(13)14)7(2)8-3-4-12-10(6)8/h3-5,12H,1-2H3,(H,13,14). The van der Waals surface area contributed by atoms with Gasteiger partial charge in [-0.3, -0.25) is 0 Å². The zero-order valence-corrected chi connectivity index (χ0v) is 8.50. The van der Waals surface area contributed by atoms with Gasteiger partial charge >= 0.3 is 6.16 Å². The van der Waals surface area contributed by atoms with Gasteiger partial charge < -0.3 is 14.8 Å². The summed E-state index contributed by atoms with van der Waals surface area (Å²) in [6.07, 6.45) is 0.544. The fourth-order valence-corrected chi connectivity index (χ4v) is 1.72. The lowest BCUT2D eigenvalue weighted by Crippen LogP contribution is -2.04. The number of H-pyrrole nitrogens is 1. The second-order valence-electron chi connectivity index (χ2n) is 3.45. The zero-order chi connectivity index (χ0) is 11.0. The number of carboxylic acid groups (broad SMARTS) is 1. The Hall–Kier alpha value is -1.97. The molecule has 0 aliphatic rings. The highest BCUT2D eigenvalue weighted by atomic mass is 16.7. The van der Waals surface area contributed by atoms with E-state index in [2.05, 4.69) is 4.98 Å². The average molecular weight is 205 g/mol. The molecule has 15 heavy (non-hydrogen) atoms. The van der Waals surface area contributed by atoms with Crippen LogP contribution in [0.15, 0.2) is 18.3 Å². The van der Waals surface area contributed by atoms with Crippen LogP contribution in [0.4, 0.5) is 4.79 Å². The number of nitrogens with one attached hydrogen (secondary N) is 1. The van der Waals surface area contributed by atoms with Gasteiger partial charge in [0.25, 0.3) is 0 Å². The summed E-state index contributed by atoms with van der Waals surface area (Å²) in [7, 11) is 0. The van der Waals surface area contributed by atoms with E-state index in [1.165, 1.54) is 0 Å². The molecule has 2 rings (SSSR count). The van der Waals surface area contributed by atoms with Crippen LogP contribution in [0.2, 0.25) is 0 Å². The Balaban J connectivity index is 2.65. The molecule has 0 saturated carbocycles. The molecule has 4 heteroatoms. The number of aryl methyl sites for hydroxylation is 2. The minimum atomic E-state index is -1.28. The lowest BCUT2D eigenvalue weighted by Gasteiger charge is -2.07. The van der Waals surface area contributed by atoms with Crippen molar-refractivity contribution in [3.8, 4) is 5.75 Å². The number of rotatable bonds is 1. The van der Waals surface area contributed by atoms with Crippen LogP contribution in [0.1, 0.15) is 11.1 Å². The first-order chi connectivity index (χ1) is 7.09. The molecule has 2 aromatic rings. The van der Waals surface area contributed by atoms with E-state index in [-0.39, 0.29) is 0 Å². The topological polar surface area (TPSA) is 62.3 Å². The number of ether oxygens (including phenoxy) is 1. The first-order valence-electron chi connectivity index (χ1n) is 4.57. The van der Waals surface area contributed by atoms with E-state index in [1.807, 2.05) is 26.1 Å². The van der Waals surface area contributed by atoms with E-state index in [0.717, 1.165) is 22.0 Å². The minimum Gasteiger partial charge on any atom is -0.449 e. The fourth-order valence-electron chi connectivity index (χ4n) is 1.72. The van der Waals surface area contributed by atoms with Gasteiger partial charge in [-0.05, 0) is 31.5 Å². The predicted molar refractivity (Wildman–Crippen MR) is 56.4 cm³/mol. The second-order valence-corrected chi connectivity index (χ2v) is 3.45. The molecule has 1 aromatic carbocycles. The maximum Gasteiger partial charge on any atom is 0.511 e. The van der Waals surface area contributed by atoms with Gasteiger partial charge in [0, 0.05) is 22.7 Å². The van der Waals surface area contributed by atoms with Crippen molar-refractivity contribution in [2.45, 2.75) is 13.8 Å². The number of fused-ring (bicyclic) bond motifs is 1. The maximum absolute atomic E-state index is 10.5. The third kappa shape index (κ3) is 1.54. The number of aromatic nitrogens is 1. The van der Waals surface area contributed by atoms with Gasteiger partial charge in [-0.1, -0.05) is 0 Å². The van der Waals surface area contributed by atoms with Crippen molar-refractivity contribution >= 4 is 17.1 Å². The number of hydrogen-bond donors (Lipinski definition) is 2. The van der Waals surface area contributed by atoms with E-state index >= 15 is 0 Å². The van der Waals surface area contributed by atoms with Crippen LogP contribution < -0.4 is 4.74 Å². The molecule has 1 heterocycles. The Bertz CT molecular complexity index is 528. The summed E-state index contributed by atoms with van der Waals surface area (Å²) in [5.41, 5.74) is 2.82. The first kappa shape index (κ1) is 9.58. The van der Waals surface area contributed by atoms with Crippen molar-refractivity contribution in [3.63, 3.8) is 0 Å². The summed E-state index contributed by atoms with van der Waals surface area (Å²) >= 11 is 0. The van der Waals surface area contributed by atoms with E-state index < -0.39 is 6.16 Å². The molecule has 0 fully saturated rings. The molecule has 2 N–H and O–H groups in total. The highest BCUT2D eigenvalue weighted by Crippen LogP contribution is 2.29. The molecule has 0 unspecified atom stereocenters. The van der Waals surface area contributed by atoms with Gasteiger partial charge in [0.2, 0.25) is 0 Å². The third-order valence-electron chi connectivity index (χ3n) is 2.46. The van der Waals surface area contributed by atoms with Crippen LogP contribution in [0, 0.1) is 13.8 Å². The van der Waals surface area contributed by atoms with Gasteiger partial charge in [0.05, 0.1) is 0 Å². The molecule has 0 radical (unpaired) electrons. The quantitative estimate of drug-likeness (QED) is 0.555. The summed E-state index contributed by atoms with van der Waals surface area (Å²) in [5, 5.41) is 9.57. The second kappa shape index (κ2) is 3.31. The highest BCUT2D eigenvalue weighted by molar-refractivity contribution is 5.88. The van der Waals surface area contributed by atoms with Crippen LogP contribution in [0.25, 0.3) is 10.9 Å². The van der Waals surface area contributed by atoms with Crippen LogP contribution in [0.5, 0.6) is 5.75 Å². The largest absolute Gasteiger partial charge is 0.511 e. The lowest BCUT2D eigenvalue weighted by atomic mass is 10.1. The number of hydrogen-bond acceptors (Lipinski definition) is 2. The van der Waals surface area contributed by atoms with Crippen molar-refractivity contribution in [1.29, 1.82) is 0 Å². The van der Waals surface area contributed by atoms with E-state index in [0.29, 0.717) is 5.75 Å². The Morgan fingerprint density at radius 1 is 1.47 bits per heavy atom. The number of carbonyl (C=O) groups is 1. The summed E-state index contributed by atoms with van der Waals surface area (Å²) in [6, 6.07) is 3.63. The Labute approximate surface area is 86.5 Å². The lowest BCUT2D eigenvalue weighted by molar-refractivity contribution is 0.144. The van der Waals surface area contributed by atoms with Crippen LogP contribution >= 0.6 is 0 Å². The molecule has 0 saturated heterocycles. The predicted octanol–water partition coefficient (Wildman–Crippen LogP) is 2.84. The van der Waals surface area contributed by atoms with E-state index in [4.69, 9.17) is 9.84 Å². The molecule has 0 atom stereocenters. The first-order valence-corrected chi connectivity index (χ1v) is 4.57. The van der Waals surface area contributed by atoms with Gasteiger partial charge in [-0.25, -0.2) is 4.79 Å². The molecule has 0 aliphatic carbocycles. The van der Waals surface area contributed by atoms with Gasteiger partial charge in [0.1, 0.15) is 5.75 Å². The summed E-state index contributed by atoms with van der Waals surface area (Å²) < 4.78 is 4.71. The molecule has 1 aromatic heterocycles. The fraction of sp³-hybridized carbons (Fsp3) is 0.182. The highest BCUT2D eigenvalue weighted by Gasteiger charge is 2.10. The molecule has 0 bridgehead atoms. The Kier molecular flexibility index (Phi) is 2.11. The smallest absolute Gasteiger partial charge is 0.449 e. The molecule has 78 valence electrons. The molecule has 4 nitrogen and oxygen atoms in total. The van der Waals surface area contributed by atoms with Crippen LogP contribution in [0.3, 0.4) is 0 Å². The van der Waals surface area contributed by atoms with Gasteiger partial charge in [-0.2, -0.15) is 0 Å². The van der Waals surface area contributed by atoms with Crippen molar-refractivity contribution in [1.82, 2.24) is 4.98 Å². The summed E-state index contributed by atoms with van der Waals surface area (Å²) in [5.74, 6) is 0.395. The van der Waals surface area contributed by atoms with Gasteiger partial charge in [-0.15, -0.1) is 0 Å². The summed E-state index contributed by atoms with van der Waals surface area (Å²) in [4.78, 5) is 13.6. The number of benzene rings is 1. The third-order valence-corrected chi connectivity index (χ3v) is 2.46. The molecular weight excluding hydrogens is 194 g/mol. The van der Waals surface area contributed by atoms with Crippen molar-refractivity contribution < 1.29 is 14.6 Å².